The van der Waals surface area contributed by atoms with E-state index < -0.39 is 0 Å². The number of aromatic nitrogens is 1. The predicted octanol–water partition coefficient (Wildman–Crippen LogP) is 3.09. The standard InChI is InChI=1S/C24H33N3O2/c1-18-7-3-4-8-20(18)17-27-22-10-6-5-9-21(22)19(2)23(27)24(28)25-11-12-26-13-15-29-16-14-26/h3-4,7-8H,5-6,9-17H2,1-2H3,(H,25,28). The molecule has 4 rings (SSSR count). The topological polar surface area (TPSA) is 46.5 Å². The van der Waals surface area contributed by atoms with Gasteiger partial charge in [0, 0.05) is 38.4 Å². The molecule has 0 atom stereocenters. The number of hydrogen-bond donors (Lipinski definition) is 1. The molecule has 1 aromatic carbocycles. The fraction of sp³-hybridized carbons (Fsp3) is 0.542. The van der Waals surface area contributed by atoms with Crippen LogP contribution in [0.3, 0.4) is 0 Å². The Kier molecular flexibility index (Phi) is 6.36. The van der Waals surface area contributed by atoms with Crippen molar-refractivity contribution in [2.45, 2.75) is 46.1 Å². The summed E-state index contributed by atoms with van der Waals surface area (Å²) < 4.78 is 7.71. The number of rotatable bonds is 6. The van der Waals surface area contributed by atoms with Crippen LogP contribution < -0.4 is 5.32 Å². The molecule has 1 fully saturated rings. The molecular formula is C24H33N3O2. The van der Waals surface area contributed by atoms with Crippen LogP contribution in [0.4, 0.5) is 0 Å². The molecule has 2 aromatic rings. The van der Waals surface area contributed by atoms with Gasteiger partial charge in [0.2, 0.25) is 0 Å². The Labute approximate surface area is 174 Å². The minimum atomic E-state index is 0.0683. The fourth-order valence-electron chi connectivity index (χ4n) is 4.73. The van der Waals surface area contributed by atoms with Gasteiger partial charge >= 0.3 is 0 Å². The molecule has 1 amide bonds. The number of nitrogens with one attached hydrogen (secondary N) is 1. The number of carbonyl (C=O) groups excluding carboxylic acids is 1. The van der Waals surface area contributed by atoms with Crippen molar-refractivity contribution < 1.29 is 9.53 Å². The summed E-state index contributed by atoms with van der Waals surface area (Å²) in [7, 11) is 0. The lowest BCUT2D eigenvalue weighted by Crippen LogP contribution is -2.41. The highest BCUT2D eigenvalue weighted by Crippen LogP contribution is 2.30. The van der Waals surface area contributed by atoms with Crippen LogP contribution in [-0.2, 0) is 24.1 Å². The van der Waals surface area contributed by atoms with Gasteiger partial charge in [0.1, 0.15) is 5.69 Å². The smallest absolute Gasteiger partial charge is 0.268 e. The molecule has 29 heavy (non-hydrogen) atoms. The third-order valence-electron chi connectivity index (χ3n) is 6.46. The second-order valence-electron chi connectivity index (χ2n) is 8.33. The van der Waals surface area contributed by atoms with Gasteiger partial charge in [-0.05, 0) is 61.8 Å². The summed E-state index contributed by atoms with van der Waals surface area (Å²) in [5.41, 5.74) is 7.39. The SMILES string of the molecule is Cc1ccccc1Cn1c2c(c(C)c1C(=O)NCCN1CCOCC1)CCCC2. The number of nitrogens with zero attached hydrogens (tertiary/aromatic N) is 2. The van der Waals surface area contributed by atoms with Gasteiger partial charge in [0.05, 0.1) is 13.2 Å². The second-order valence-corrected chi connectivity index (χ2v) is 8.33. The average molecular weight is 396 g/mol. The average Bonchev–Trinajstić information content (AvgIpc) is 3.02. The van der Waals surface area contributed by atoms with Crippen molar-refractivity contribution >= 4 is 5.91 Å². The van der Waals surface area contributed by atoms with E-state index in [1.165, 1.54) is 40.8 Å². The fourth-order valence-corrected chi connectivity index (χ4v) is 4.73. The Morgan fingerprint density at radius 3 is 2.66 bits per heavy atom. The highest BCUT2D eigenvalue weighted by molar-refractivity contribution is 5.95. The predicted molar refractivity (Wildman–Crippen MR) is 116 cm³/mol. The maximum Gasteiger partial charge on any atom is 0.268 e. The van der Waals surface area contributed by atoms with Crippen LogP contribution in [0.2, 0.25) is 0 Å². The number of morpholine rings is 1. The zero-order valence-corrected chi connectivity index (χ0v) is 17.8. The molecule has 2 heterocycles. The molecule has 2 aliphatic rings. The molecule has 1 aromatic heterocycles. The van der Waals surface area contributed by atoms with E-state index in [2.05, 4.69) is 52.9 Å². The van der Waals surface area contributed by atoms with Crippen LogP contribution in [0, 0.1) is 13.8 Å². The number of benzene rings is 1. The molecule has 0 bridgehead atoms. The number of fused-ring (bicyclic) bond motifs is 1. The molecule has 0 unspecified atom stereocenters. The third-order valence-corrected chi connectivity index (χ3v) is 6.46. The minimum absolute atomic E-state index is 0.0683. The van der Waals surface area contributed by atoms with E-state index in [0.29, 0.717) is 6.54 Å². The van der Waals surface area contributed by atoms with Crippen LogP contribution in [-0.4, -0.2) is 54.8 Å². The van der Waals surface area contributed by atoms with E-state index in [1.54, 1.807) is 0 Å². The molecule has 0 saturated carbocycles. The summed E-state index contributed by atoms with van der Waals surface area (Å²) >= 11 is 0. The molecule has 0 radical (unpaired) electrons. The molecule has 1 aliphatic heterocycles. The van der Waals surface area contributed by atoms with E-state index in [1.807, 2.05) is 0 Å². The van der Waals surface area contributed by atoms with Gasteiger partial charge in [-0.25, -0.2) is 0 Å². The van der Waals surface area contributed by atoms with Gasteiger partial charge in [-0.1, -0.05) is 24.3 Å². The van der Waals surface area contributed by atoms with E-state index in [4.69, 9.17) is 4.74 Å². The number of aryl methyl sites for hydroxylation is 1. The summed E-state index contributed by atoms with van der Waals surface area (Å²) in [6.07, 6.45) is 4.60. The van der Waals surface area contributed by atoms with Gasteiger partial charge < -0.3 is 14.6 Å². The van der Waals surface area contributed by atoms with E-state index >= 15 is 0 Å². The summed E-state index contributed by atoms with van der Waals surface area (Å²) in [6.45, 7) is 10.1. The lowest BCUT2D eigenvalue weighted by atomic mass is 9.95. The molecule has 0 spiro atoms. The quantitative estimate of drug-likeness (QED) is 0.818. The summed E-state index contributed by atoms with van der Waals surface area (Å²) in [5.74, 6) is 0.0683. The summed E-state index contributed by atoms with van der Waals surface area (Å²) in [6, 6.07) is 8.50. The van der Waals surface area contributed by atoms with E-state index in [-0.39, 0.29) is 5.91 Å². The van der Waals surface area contributed by atoms with Crippen LogP contribution in [0.1, 0.15) is 51.3 Å². The Morgan fingerprint density at radius 2 is 1.86 bits per heavy atom. The van der Waals surface area contributed by atoms with Crippen LogP contribution >= 0.6 is 0 Å². The number of carbonyl (C=O) groups is 1. The highest BCUT2D eigenvalue weighted by atomic mass is 16.5. The monoisotopic (exact) mass is 395 g/mol. The first-order valence-electron chi connectivity index (χ1n) is 11.0. The third kappa shape index (κ3) is 4.41. The van der Waals surface area contributed by atoms with Crippen LogP contribution in [0.15, 0.2) is 24.3 Å². The van der Waals surface area contributed by atoms with Crippen molar-refractivity contribution in [2.24, 2.45) is 0 Å². The van der Waals surface area contributed by atoms with Crippen LogP contribution in [0.25, 0.3) is 0 Å². The van der Waals surface area contributed by atoms with Gasteiger partial charge in [-0.15, -0.1) is 0 Å². The highest BCUT2D eigenvalue weighted by Gasteiger charge is 2.26. The largest absolute Gasteiger partial charge is 0.379 e. The van der Waals surface area contributed by atoms with Crippen molar-refractivity contribution in [2.75, 3.05) is 39.4 Å². The molecular weight excluding hydrogens is 362 g/mol. The normalized spacial score (nSPS) is 17.2. The zero-order valence-electron chi connectivity index (χ0n) is 17.8. The van der Waals surface area contributed by atoms with Crippen molar-refractivity contribution in [3.63, 3.8) is 0 Å². The molecule has 5 nitrogen and oxygen atoms in total. The number of ether oxygens (including phenoxy) is 1. The van der Waals surface area contributed by atoms with E-state index in [9.17, 15) is 4.79 Å². The van der Waals surface area contributed by atoms with Crippen LogP contribution in [0.5, 0.6) is 0 Å². The molecule has 5 heteroatoms. The molecule has 1 N–H and O–H groups in total. The summed E-state index contributed by atoms with van der Waals surface area (Å²) in [5, 5.41) is 3.19. The first-order chi connectivity index (χ1) is 14.1. The van der Waals surface area contributed by atoms with Crippen molar-refractivity contribution in [1.82, 2.24) is 14.8 Å². The lowest BCUT2D eigenvalue weighted by molar-refractivity contribution is 0.0383. The van der Waals surface area contributed by atoms with Crippen molar-refractivity contribution in [3.8, 4) is 0 Å². The zero-order chi connectivity index (χ0) is 20.2. The van der Waals surface area contributed by atoms with Crippen molar-refractivity contribution in [3.05, 3.63) is 57.9 Å². The van der Waals surface area contributed by atoms with Crippen molar-refractivity contribution in [1.29, 1.82) is 0 Å². The van der Waals surface area contributed by atoms with Gasteiger partial charge in [0.25, 0.3) is 5.91 Å². The first kappa shape index (κ1) is 20.2. The Bertz CT molecular complexity index is 865. The molecule has 1 aliphatic carbocycles. The Balaban J connectivity index is 1.55. The Hall–Kier alpha value is -2.11. The van der Waals surface area contributed by atoms with Gasteiger partial charge in [0.15, 0.2) is 0 Å². The van der Waals surface area contributed by atoms with Gasteiger partial charge in [-0.2, -0.15) is 0 Å². The van der Waals surface area contributed by atoms with Gasteiger partial charge in [-0.3, -0.25) is 9.69 Å². The lowest BCUT2D eigenvalue weighted by Gasteiger charge is -2.26. The Morgan fingerprint density at radius 1 is 1.10 bits per heavy atom. The maximum atomic E-state index is 13.2. The second kappa shape index (κ2) is 9.14. The molecule has 1 saturated heterocycles. The number of amides is 1. The van der Waals surface area contributed by atoms with E-state index in [0.717, 1.165) is 57.9 Å². The minimum Gasteiger partial charge on any atom is -0.379 e. The summed E-state index contributed by atoms with van der Waals surface area (Å²) in [4.78, 5) is 15.6. The molecule has 156 valence electrons. The first-order valence-corrected chi connectivity index (χ1v) is 11.0. The number of hydrogen-bond acceptors (Lipinski definition) is 3. The maximum absolute atomic E-state index is 13.2.